The number of aryl methyl sites for hydroxylation is 2. The molecule has 7 aromatic rings. The third-order valence-corrected chi connectivity index (χ3v) is 11.3. The van der Waals surface area contributed by atoms with Crippen LogP contribution in [-0.4, -0.2) is 19.0 Å². The quantitative estimate of drug-likeness (QED) is 0.0649. The lowest BCUT2D eigenvalue weighted by molar-refractivity contribution is -0.384. The molecule has 0 unspecified atom stereocenters. The van der Waals surface area contributed by atoms with Crippen molar-refractivity contribution >= 4 is 77.7 Å². The summed E-state index contributed by atoms with van der Waals surface area (Å²) in [6, 6.07) is 18.9. The minimum Gasteiger partial charge on any atom is -0.340 e. The van der Waals surface area contributed by atoms with Gasteiger partial charge in [-0.05, 0) is 47.9 Å². The van der Waals surface area contributed by atoms with Crippen LogP contribution in [0.3, 0.4) is 0 Å². The Bertz CT molecular complexity index is 2120. The standard InChI is InChI=1S/C38H38N4O4S2/c1-3-5-7-9-19-39-29-17-15-25(41(43)44)23-27(29)33-36(32-14-12-22-48-32)38-34(35(37(33)39)31-13-11-21-47-31)28-24-26(42(45)46)16-18-30(28)40(38)20-10-8-6-4-2/h11-18,21-24H,3-10,19-20H2,1-2H3. The number of aromatic nitrogens is 2. The zero-order valence-corrected chi connectivity index (χ0v) is 28.9. The summed E-state index contributed by atoms with van der Waals surface area (Å²) in [5, 5.41) is 32.3. The Hall–Kier alpha value is -4.54. The molecule has 0 spiro atoms. The molecule has 4 heterocycles. The molecule has 246 valence electrons. The average Bonchev–Trinajstić information content (AvgIpc) is 3.91. The predicted octanol–water partition coefficient (Wildman–Crippen LogP) is 12.3. The van der Waals surface area contributed by atoms with Crippen molar-refractivity contribution in [1.82, 2.24) is 9.13 Å². The van der Waals surface area contributed by atoms with E-state index in [0.29, 0.717) is 0 Å². The second-order valence-electron chi connectivity index (χ2n) is 12.5. The molecule has 0 radical (unpaired) electrons. The van der Waals surface area contributed by atoms with Crippen LogP contribution in [0.15, 0.2) is 71.4 Å². The second-order valence-corrected chi connectivity index (χ2v) is 14.4. The molecule has 0 saturated heterocycles. The van der Waals surface area contributed by atoms with Crippen molar-refractivity contribution in [2.45, 2.75) is 78.3 Å². The van der Waals surface area contributed by atoms with Gasteiger partial charge in [0.05, 0.1) is 20.9 Å². The molecule has 0 bridgehead atoms. The molecule has 0 saturated carbocycles. The Balaban J connectivity index is 1.74. The minimum absolute atomic E-state index is 0.0677. The van der Waals surface area contributed by atoms with Crippen LogP contribution in [0.1, 0.15) is 65.2 Å². The Morgan fingerprint density at radius 1 is 0.604 bits per heavy atom. The van der Waals surface area contributed by atoms with E-state index in [1.54, 1.807) is 46.9 Å². The number of non-ortho nitro benzene ring substituents is 2. The molecule has 0 aliphatic rings. The van der Waals surface area contributed by atoms with E-state index in [1.165, 1.54) is 0 Å². The summed E-state index contributed by atoms with van der Waals surface area (Å²) in [7, 11) is 0. The van der Waals surface area contributed by atoms with Crippen LogP contribution in [0.25, 0.3) is 64.5 Å². The van der Waals surface area contributed by atoms with Crippen molar-refractivity contribution in [2.24, 2.45) is 0 Å². The molecular weight excluding hydrogens is 641 g/mol. The summed E-state index contributed by atoms with van der Waals surface area (Å²) in [6.45, 7) is 5.94. The third kappa shape index (κ3) is 5.46. The van der Waals surface area contributed by atoms with Crippen LogP contribution >= 0.6 is 22.7 Å². The van der Waals surface area contributed by atoms with Gasteiger partial charge in [0.2, 0.25) is 0 Å². The molecule has 0 amide bonds. The maximum atomic E-state index is 12.2. The molecule has 8 nitrogen and oxygen atoms in total. The zero-order chi connectivity index (χ0) is 33.4. The monoisotopic (exact) mass is 678 g/mol. The maximum absolute atomic E-state index is 12.2. The molecule has 0 aliphatic heterocycles. The third-order valence-electron chi connectivity index (χ3n) is 9.49. The highest BCUT2D eigenvalue weighted by atomic mass is 32.1. The Morgan fingerprint density at radius 2 is 1.04 bits per heavy atom. The van der Waals surface area contributed by atoms with Gasteiger partial charge in [-0.15, -0.1) is 22.7 Å². The first-order chi connectivity index (χ1) is 23.4. The summed E-state index contributed by atoms with van der Waals surface area (Å²) in [5.41, 5.74) is 6.25. The fourth-order valence-electron chi connectivity index (χ4n) is 7.35. The number of benzene rings is 3. The number of hydrogen-bond donors (Lipinski definition) is 0. The van der Waals surface area contributed by atoms with Gasteiger partial charge < -0.3 is 9.13 Å². The number of nitrogens with zero attached hydrogens (tertiary/aromatic N) is 4. The lowest BCUT2D eigenvalue weighted by Crippen LogP contribution is -2.02. The highest BCUT2D eigenvalue weighted by molar-refractivity contribution is 7.14. The van der Waals surface area contributed by atoms with Crippen molar-refractivity contribution in [3.63, 3.8) is 0 Å². The summed E-state index contributed by atoms with van der Waals surface area (Å²) < 4.78 is 4.74. The van der Waals surface area contributed by atoms with E-state index in [2.05, 4.69) is 58.0 Å². The second kappa shape index (κ2) is 13.5. The van der Waals surface area contributed by atoms with Crippen LogP contribution in [0.5, 0.6) is 0 Å². The summed E-state index contributed by atoms with van der Waals surface area (Å²) >= 11 is 3.32. The van der Waals surface area contributed by atoms with Crippen molar-refractivity contribution in [1.29, 1.82) is 0 Å². The fourth-order valence-corrected chi connectivity index (χ4v) is 8.91. The largest absolute Gasteiger partial charge is 0.340 e. The van der Waals surface area contributed by atoms with Crippen molar-refractivity contribution in [3.05, 3.63) is 91.7 Å². The van der Waals surface area contributed by atoms with Gasteiger partial charge in [0.1, 0.15) is 0 Å². The number of nitro groups is 2. The van der Waals surface area contributed by atoms with E-state index in [1.807, 2.05) is 12.1 Å². The van der Waals surface area contributed by atoms with Gasteiger partial charge in [0.25, 0.3) is 11.4 Å². The number of hydrogen-bond acceptors (Lipinski definition) is 6. The van der Waals surface area contributed by atoms with Gasteiger partial charge in [-0.1, -0.05) is 64.5 Å². The molecular formula is C38H38N4O4S2. The topological polar surface area (TPSA) is 96.1 Å². The highest BCUT2D eigenvalue weighted by Crippen LogP contribution is 2.52. The molecule has 0 aliphatic carbocycles. The van der Waals surface area contributed by atoms with Crippen LogP contribution in [0, 0.1) is 20.2 Å². The van der Waals surface area contributed by atoms with E-state index in [9.17, 15) is 20.2 Å². The van der Waals surface area contributed by atoms with E-state index >= 15 is 0 Å². The van der Waals surface area contributed by atoms with Gasteiger partial charge in [0, 0.05) is 90.8 Å². The van der Waals surface area contributed by atoms with Crippen LogP contribution < -0.4 is 0 Å². The Kier molecular flexibility index (Phi) is 9.02. The van der Waals surface area contributed by atoms with Gasteiger partial charge >= 0.3 is 0 Å². The van der Waals surface area contributed by atoms with Crippen LogP contribution in [0.2, 0.25) is 0 Å². The zero-order valence-electron chi connectivity index (χ0n) is 27.2. The molecule has 0 N–H and O–H groups in total. The normalized spacial score (nSPS) is 11.9. The molecule has 48 heavy (non-hydrogen) atoms. The van der Waals surface area contributed by atoms with Crippen molar-refractivity contribution < 1.29 is 9.85 Å². The van der Waals surface area contributed by atoms with E-state index < -0.39 is 0 Å². The van der Waals surface area contributed by atoms with Crippen LogP contribution in [0.4, 0.5) is 11.4 Å². The lowest BCUT2D eigenvalue weighted by Gasteiger charge is -2.17. The number of nitro benzene ring substituents is 2. The Morgan fingerprint density at radius 3 is 1.40 bits per heavy atom. The molecule has 7 rings (SSSR count). The van der Waals surface area contributed by atoms with Gasteiger partial charge in [0.15, 0.2) is 0 Å². The van der Waals surface area contributed by atoms with Crippen molar-refractivity contribution in [2.75, 3.05) is 0 Å². The first-order valence-corrected chi connectivity index (χ1v) is 18.6. The number of unbranched alkanes of at least 4 members (excludes halogenated alkanes) is 6. The highest BCUT2D eigenvalue weighted by Gasteiger charge is 2.30. The van der Waals surface area contributed by atoms with E-state index in [-0.39, 0.29) is 21.2 Å². The maximum Gasteiger partial charge on any atom is 0.270 e. The van der Waals surface area contributed by atoms with Crippen LogP contribution in [-0.2, 0) is 13.1 Å². The average molecular weight is 679 g/mol. The first kappa shape index (κ1) is 32.0. The SMILES string of the molecule is CCCCCCn1c2ccc([N+](=O)[O-])cc2c2c(-c3cccs3)c3c(c(-c4cccs4)c21)c1cc([N+](=O)[O-])ccc1n3CCCCCC. The van der Waals surface area contributed by atoms with Gasteiger partial charge in [-0.25, -0.2) is 0 Å². The lowest BCUT2D eigenvalue weighted by atomic mass is 9.94. The summed E-state index contributed by atoms with van der Waals surface area (Å²) in [6.07, 6.45) is 8.65. The molecule has 0 atom stereocenters. The molecule has 10 heteroatoms. The minimum atomic E-state index is -0.308. The first-order valence-electron chi connectivity index (χ1n) is 16.9. The van der Waals surface area contributed by atoms with Gasteiger partial charge in [-0.3, -0.25) is 20.2 Å². The fraction of sp³-hybridized carbons (Fsp3) is 0.316. The Labute approximate surface area is 286 Å². The van der Waals surface area contributed by atoms with E-state index in [4.69, 9.17) is 0 Å². The molecule has 4 aromatic heterocycles. The van der Waals surface area contributed by atoms with Crippen molar-refractivity contribution in [3.8, 4) is 20.9 Å². The van der Waals surface area contributed by atoms with Gasteiger partial charge in [-0.2, -0.15) is 0 Å². The number of rotatable bonds is 14. The molecule has 3 aromatic carbocycles. The number of thiophene rings is 2. The number of fused-ring (bicyclic) bond motifs is 6. The summed E-state index contributed by atoms with van der Waals surface area (Å²) in [4.78, 5) is 25.9. The molecule has 0 fully saturated rings. The van der Waals surface area contributed by atoms with E-state index in [0.717, 1.165) is 129 Å². The predicted molar refractivity (Wildman–Crippen MR) is 201 cm³/mol. The smallest absolute Gasteiger partial charge is 0.270 e. The summed E-state index contributed by atoms with van der Waals surface area (Å²) in [5.74, 6) is 0.